The average molecular weight is 151 g/mol. The largest absolute Gasteiger partial charge is 0.304 e. The lowest BCUT2D eigenvalue weighted by Gasteiger charge is -2.12. The quantitative estimate of drug-likeness (QED) is 0.481. The van der Waals surface area contributed by atoms with Crippen molar-refractivity contribution in [1.82, 2.24) is 5.32 Å². The molecule has 1 aliphatic rings. The molecule has 1 aliphatic heterocycles. The Morgan fingerprint density at radius 1 is 1.55 bits per heavy atom. The maximum absolute atomic E-state index is 3.14. The van der Waals surface area contributed by atoms with E-state index < -0.39 is 0 Å². The van der Waals surface area contributed by atoms with Crippen LogP contribution >= 0.6 is 0 Å². The third kappa shape index (κ3) is 3.57. The van der Waals surface area contributed by atoms with E-state index in [0.717, 1.165) is 13.0 Å². The van der Waals surface area contributed by atoms with Crippen LogP contribution in [0.25, 0.3) is 0 Å². The molecule has 0 amide bonds. The summed E-state index contributed by atoms with van der Waals surface area (Å²) in [6, 6.07) is 0. The van der Waals surface area contributed by atoms with Gasteiger partial charge in [0.05, 0.1) is 6.54 Å². The van der Waals surface area contributed by atoms with E-state index in [1.807, 2.05) is 0 Å². The second-order valence-electron chi connectivity index (χ2n) is 3.05. The first-order valence-electron chi connectivity index (χ1n) is 4.57. The molecular weight excluding hydrogens is 134 g/mol. The lowest BCUT2D eigenvalue weighted by molar-refractivity contribution is 0.680. The van der Waals surface area contributed by atoms with Gasteiger partial charge >= 0.3 is 0 Å². The summed E-state index contributed by atoms with van der Waals surface area (Å²) in [6.07, 6.45) is 8.64. The van der Waals surface area contributed by atoms with E-state index in [0.29, 0.717) is 0 Å². The molecule has 1 heteroatoms. The molecule has 11 heavy (non-hydrogen) atoms. The van der Waals surface area contributed by atoms with Crippen LogP contribution in [-0.2, 0) is 0 Å². The van der Waals surface area contributed by atoms with Gasteiger partial charge in [0.15, 0.2) is 0 Å². The summed E-state index contributed by atoms with van der Waals surface area (Å²) < 4.78 is 0. The van der Waals surface area contributed by atoms with Crippen LogP contribution in [0.5, 0.6) is 0 Å². The van der Waals surface area contributed by atoms with Gasteiger partial charge in [0, 0.05) is 6.54 Å². The third-order valence-corrected chi connectivity index (χ3v) is 2.03. The fourth-order valence-corrected chi connectivity index (χ4v) is 1.31. The van der Waals surface area contributed by atoms with E-state index in [2.05, 4.69) is 24.9 Å². The lowest BCUT2D eigenvalue weighted by Crippen LogP contribution is -2.15. The fourth-order valence-electron chi connectivity index (χ4n) is 1.31. The Balaban J connectivity index is 2.09. The second kappa shape index (κ2) is 5.36. The minimum atomic E-state index is 0.988. The Bertz CT molecular complexity index is 127. The molecule has 1 rings (SSSR count). The van der Waals surface area contributed by atoms with Gasteiger partial charge in [-0.15, -0.1) is 0 Å². The SMILES string of the molecule is CCCCCC1=CCN[C]C1. The first-order chi connectivity index (χ1) is 5.43. The van der Waals surface area contributed by atoms with E-state index in [4.69, 9.17) is 0 Å². The molecule has 0 bridgehead atoms. The molecule has 0 aromatic carbocycles. The van der Waals surface area contributed by atoms with Crippen molar-refractivity contribution in [3.05, 3.63) is 18.2 Å². The molecule has 1 heterocycles. The zero-order chi connectivity index (χ0) is 7.94. The van der Waals surface area contributed by atoms with Crippen molar-refractivity contribution >= 4 is 0 Å². The van der Waals surface area contributed by atoms with Crippen LogP contribution in [0.3, 0.4) is 0 Å². The molecule has 0 fully saturated rings. The van der Waals surface area contributed by atoms with Gasteiger partial charge in [-0.25, -0.2) is 0 Å². The zero-order valence-electron chi connectivity index (χ0n) is 7.32. The summed E-state index contributed by atoms with van der Waals surface area (Å²) in [7, 11) is 0. The van der Waals surface area contributed by atoms with Gasteiger partial charge in [-0.05, 0) is 19.3 Å². The topological polar surface area (TPSA) is 12.0 Å². The first-order valence-corrected chi connectivity index (χ1v) is 4.57. The van der Waals surface area contributed by atoms with Crippen LogP contribution in [0.1, 0.15) is 39.0 Å². The standard InChI is InChI=1S/C10H17N/c1-2-3-4-5-10-6-8-11-9-7-10/h6,11H,2-5,7-8H2,1H3. The van der Waals surface area contributed by atoms with Crippen molar-refractivity contribution < 1.29 is 0 Å². The van der Waals surface area contributed by atoms with Crippen LogP contribution in [0.4, 0.5) is 0 Å². The maximum atomic E-state index is 3.14. The Labute approximate surface area is 69.9 Å². The van der Waals surface area contributed by atoms with Gasteiger partial charge in [-0.3, -0.25) is 0 Å². The van der Waals surface area contributed by atoms with Gasteiger partial charge in [0.2, 0.25) is 0 Å². The molecule has 0 spiro atoms. The maximum Gasteiger partial charge on any atom is 0.0632 e. The van der Waals surface area contributed by atoms with Gasteiger partial charge in [0.1, 0.15) is 0 Å². The van der Waals surface area contributed by atoms with Gasteiger partial charge in [-0.2, -0.15) is 0 Å². The third-order valence-electron chi connectivity index (χ3n) is 2.03. The number of hydrogen-bond acceptors (Lipinski definition) is 1. The smallest absolute Gasteiger partial charge is 0.0632 e. The molecule has 62 valence electrons. The van der Waals surface area contributed by atoms with Crippen molar-refractivity contribution in [2.45, 2.75) is 39.0 Å². The molecule has 0 saturated heterocycles. The highest BCUT2D eigenvalue weighted by Crippen LogP contribution is 2.15. The van der Waals surface area contributed by atoms with Crippen molar-refractivity contribution in [3.63, 3.8) is 0 Å². The molecule has 0 unspecified atom stereocenters. The van der Waals surface area contributed by atoms with E-state index in [9.17, 15) is 0 Å². The molecule has 0 aromatic heterocycles. The minimum absolute atomic E-state index is 0.988. The van der Waals surface area contributed by atoms with Crippen molar-refractivity contribution in [2.75, 3.05) is 6.54 Å². The summed E-state index contributed by atoms with van der Waals surface area (Å²) in [5, 5.41) is 3.08. The van der Waals surface area contributed by atoms with Crippen molar-refractivity contribution in [3.8, 4) is 0 Å². The van der Waals surface area contributed by atoms with E-state index in [1.54, 1.807) is 5.57 Å². The molecule has 0 saturated carbocycles. The second-order valence-corrected chi connectivity index (χ2v) is 3.05. The number of hydrogen-bond donors (Lipinski definition) is 1. The Morgan fingerprint density at radius 2 is 2.45 bits per heavy atom. The number of nitrogens with one attached hydrogen (secondary N) is 1. The van der Waals surface area contributed by atoms with Crippen LogP contribution in [0.15, 0.2) is 11.6 Å². The lowest BCUT2D eigenvalue weighted by atomic mass is 10.0. The zero-order valence-corrected chi connectivity index (χ0v) is 7.32. The molecule has 0 atom stereocenters. The monoisotopic (exact) mass is 151 g/mol. The molecule has 1 N–H and O–H groups in total. The fraction of sp³-hybridized carbons (Fsp3) is 0.700. The summed E-state index contributed by atoms with van der Waals surface area (Å²) in [5.41, 5.74) is 1.57. The highest BCUT2D eigenvalue weighted by molar-refractivity contribution is 5.09. The Kier molecular flexibility index (Phi) is 4.29. The molecule has 0 aromatic rings. The molecule has 0 aliphatic carbocycles. The van der Waals surface area contributed by atoms with Crippen LogP contribution < -0.4 is 5.32 Å². The molecular formula is C10H17N. The van der Waals surface area contributed by atoms with Crippen molar-refractivity contribution in [2.24, 2.45) is 0 Å². The van der Waals surface area contributed by atoms with Gasteiger partial charge in [0.25, 0.3) is 0 Å². The molecule has 2 radical (unpaired) electrons. The summed E-state index contributed by atoms with van der Waals surface area (Å²) in [4.78, 5) is 0. The minimum Gasteiger partial charge on any atom is -0.304 e. The average Bonchev–Trinajstić information content (AvgIpc) is 2.07. The van der Waals surface area contributed by atoms with E-state index in [-0.39, 0.29) is 0 Å². The highest BCUT2D eigenvalue weighted by Gasteiger charge is 2.02. The van der Waals surface area contributed by atoms with Crippen LogP contribution in [-0.4, -0.2) is 6.54 Å². The van der Waals surface area contributed by atoms with E-state index >= 15 is 0 Å². The number of rotatable bonds is 4. The summed E-state index contributed by atoms with van der Waals surface area (Å²) in [6.45, 7) is 6.38. The number of unbranched alkanes of at least 4 members (excludes halogenated alkanes) is 2. The first kappa shape index (κ1) is 8.79. The van der Waals surface area contributed by atoms with Crippen LogP contribution in [0, 0.1) is 6.54 Å². The molecule has 1 nitrogen and oxygen atoms in total. The van der Waals surface area contributed by atoms with Gasteiger partial charge in [-0.1, -0.05) is 31.4 Å². The van der Waals surface area contributed by atoms with Crippen molar-refractivity contribution in [1.29, 1.82) is 0 Å². The summed E-state index contributed by atoms with van der Waals surface area (Å²) in [5.74, 6) is 0. The van der Waals surface area contributed by atoms with Gasteiger partial charge < -0.3 is 5.32 Å². The predicted molar refractivity (Wildman–Crippen MR) is 48.1 cm³/mol. The van der Waals surface area contributed by atoms with E-state index in [1.165, 1.54) is 25.7 Å². The Hall–Kier alpha value is -0.300. The predicted octanol–water partition coefficient (Wildman–Crippen LogP) is 2.53. The van der Waals surface area contributed by atoms with Crippen LogP contribution in [0.2, 0.25) is 0 Å². The normalized spacial score (nSPS) is 18.1. The highest BCUT2D eigenvalue weighted by atomic mass is 14.8. The summed E-state index contributed by atoms with van der Waals surface area (Å²) >= 11 is 0. The Morgan fingerprint density at radius 3 is 3.09 bits per heavy atom.